The van der Waals surface area contributed by atoms with Crippen LogP contribution >= 0.6 is 0 Å². The summed E-state index contributed by atoms with van der Waals surface area (Å²) in [6, 6.07) is 3.42. The van der Waals surface area contributed by atoms with Crippen molar-refractivity contribution in [2.45, 2.75) is 70.6 Å². The Morgan fingerprint density at radius 2 is 1.74 bits per heavy atom. The topological polar surface area (TPSA) is 109 Å². The molecule has 2 aliphatic carbocycles. The number of aromatic nitrogens is 3. The summed E-state index contributed by atoms with van der Waals surface area (Å²) in [5.74, 6) is 0.339. The number of nitrogens with zero attached hydrogens (tertiary/aromatic N) is 2. The molecule has 0 saturated heterocycles. The fourth-order valence-electron chi connectivity index (χ4n) is 5.04. The van der Waals surface area contributed by atoms with E-state index in [0.29, 0.717) is 40.6 Å². The predicted octanol–water partition coefficient (Wildman–Crippen LogP) is 4.92. The summed E-state index contributed by atoms with van der Waals surface area (Å²) >= 11 is 0. The largest absolute Gasteiger partial charge is 0.493 e. The number of fused-ring (bicyclic) bond motifs is 1. The van der Waals surface area contributed by atoms with Crippen LogP contribution in [0, 0.1) is 12.8 Å². The van der Waals surface area contributed by atoms with Gasteiger partial charge in [-0.15, -0.1) is 0 Å². The molecule has 2 amide bonds. The van der Waals surface area contributed by atoms with Crippen LogP contribution in [0.4, 0.5) is 13.2 Å². The second-order valence-electron chi connectivity index (χ2n) is 10.3. The highest BCUT2D eigenvalue weighted by Gasteiger charge is 2.33. The lowest BCUT2D eigenvalue weighted by molar-refractivity contribution is -0.137. The minimum absolute atomic E-state index is 0.0518. The van der Waals surface area contributed by atoms with Gasteiger partial charge >= 0.3 is 6.18 Å². The lowest BCUT2D eigenvalue weighted by Gasteiger charge is -2.29. The summed E-state index contributed by atoms with van der Waals surface area (Å²) in [6.45, 7) is 3.64. The number of ether oxygens (including phenoxy) is 1. The number of halogens is 3. The molecule has 0 atom stereocenters. The SMILES string of the molecule is CC(=O)N[C@H]1CC[C@@H](NC(=O)c2c(C)[nH]c3c(-c4cc(C(F)(F)F)ccc4OCC4CC4)ncnc23)CC1. The van der Waals surface area contributed by atoms with E-state index in [1.54, 1.807) is 6.92 Å². The average molecular weight is 530 g/mol. The third-order valence-corrected chi connectivity index (χ3v) is 7.20. The van der Waals surface area contributed by atoms with Gasteiger partial charge in [-0.2, -0.15) is 13.2 Å². The summed E-state index contributed by atoms with van der Waals surface area (Å²) in [5.41, 5.74) is 1.21. The van der Waals surface area contributed by atoms with Crippen molar-refractivity contribution in [3.63, 3.8) is 0 Å². The van der Waals surface area contributed by atoms with Crippen LogP contribution in [0.15, 0.2) is 24.5 Å². The van der Waals surface area contributed by atoms with Crippen LogP contribution in [0.3, 0.4) is 0 Å². The van der Waals surface area contributed by atoms with Gasteiger partial charge in [0.2, 0.25) is 5.91 Å². The Kier molecular flexibility index (Phi) is 7.02. The number of nitrogens with one attached hydrogen (secondary N) is 3. The van der Waals surface area contributed by atoms with Crippen LogP contribution in [-0.2, 0) is 11.0 Å². The second kappa shape index (κ2) is 10.3. The first-order valence-electron chi connectivity index (χ1n) is 12.9. The van der Waals surface area contributed by atoms with Gasteiger partial charge in [0.1, 0.15) is 23.3 Å². The zero-order chi connectivity index (χ0) is 27.0. The molecule has 0 radical (unpaired) electrons. The first-order chi connectivity index (χ1) is 18.1. The number of carbonyl (C=O) groups excluding carboxylic acids is 2. The third kappa shape index (κ3) is 5.61. The summed E-state index contributed by atoms with van der Waals surface area (Å²) in [7, 11) is 0. The van der Waals surface area contributed by atoms with Crippen LogP contribution < -0.4 is 15.4 Å². The monoisotopic (exact) mass is 529 g/mol. The van der Waals surface area contributed by atoms with E-state index in [1.165, 1.54) is 19.3 Å². The molecule has 0 unspecified atom stereocenters. The van der Waals surface area contributed by atoms with Crippen LogP contribution in [-0.4, -0.2) is 45.5 Å². The number of hydrogen-bond donors (Lipinski definition) is 3. The number of amides is 2. The lowest BCUT2D eigenvalue weighted by atomic mass is 9.91. The molecule has 3 aromatic rings. The highest BCUT2D eigenvalue weighted by atomic mass is 19.4. The fraction of sp³-hybridized carbons (Fsp3) is 0.481. The van der Waals surface area contributed by atoms with Gasteiger partial charge in [-0.25, -0.2) is 9.97 Å². The average Bonchev–Trinajstić information content (AvgIpc) is 3.62. The first kappa shape index (κ1) is 26.0. The normalized spacial score (nSPS) is 19.8. The van der Waals surface area contributed by atoms with Crippen LogP contribution in [0.2, 0.25) is 0 Å². The van der Waals surface area contributed by atoms with Crippen molar-refractivity contribution in [1.82, 2.24) is 25.6 Å². The number of rotatable bonds is 7. The molecular formula is C27H30F3N5O3. The first-order valence-corrected chi connectivity index (χ1v) is 12.9. The van der Waals surface area contributed by atoms with Gasteiger partial charge in [-0.3, -0.25) is 9.59 Å². The van der Waals surface area contributed by atoms with E-state index in [1.807, 2.05) is 0 Å². The smallest absolute Gasteiger partial charge is 0.416 e. The Balaban J connectivity index is 1.44. The van der Waals surface area contributed by atoms with E-state index < -0.39 is 11.7 Å². The maximum absolute atomic E-state index is 13.6. The zero-order valence-electron chi connectivity index (χ0n) is 21.2. The minimum Gasteiger partial charge on any atom is -0.493 e. The van der Waals surface area contributed by atoms with Crippen LogP contribution in [0.1, 0.15) is 67.1 Å². The molecule has 5 rings (SSSR count). The molecule has 11 heteroatoms. The molecule has 2 aromatic heterocycles. The van der Waals surface area contributed by atoms with Gasteiger partial charge in [-0.1, -0.05) is 0 Å². The van der Waals surface area contributed by atoms with Crippen molar-refractivity contribution in [2.75, 3.05) is 6.61 Å². The van der Waals surface area contributed by atoms with Crippen LogP contribution in [0.5, 0.6) is 5.75 Å². The van der Waals surface area contributed by atoms with Crippen molar-refractivity contribution in [3.05, 3.63) is 41.3 Å². The molecule has 3 N–H and O–H groups in total. The molecule has 202 valence electrons. The number of aromatic amines is 1. The maximum Gasteiger partial charge on any atom is 0.416 e. The van der Waals surface area contributed by atoms with E-state index in [9.17, 15) is 22.8 Å². The van der Waals surface area contributed by atoms with Crippen molar-refractivity contribution in [1.29, 1.82) is 0 Å². The molecule has 2 fully saturated rings. The summed E-state index contributed by atoms with van der Waals surface area (Å²) in [4.78, 5) is 36.4. The molecule has 38 heavy (non-hydrogen) atoms. The predicted molar refractivity (Wildman–Crippen MR) is 135 cm³/mol. The van der Waals surface area contributed by atoms with E-state index >= 15 is 0 Å². The maximum atomic E-state index is 13.6. The van der Waals surface area contributed by atoms with Gasteiger partial charge in [0.25, 0.3) is 5.91 Å². The molecule has 1 aromatic carbocycles. The van der Waals surface area contributed by atoms with Gasteiger partial charge in [0.15, 0.2) is 0 Å². The summed E-state index contributed by atoms with van der Waals surface area (Å²) < 4.78 is 46.6. The Bertz CT molecular complexity index is 1360. The van der Waals surface area contributed by atoms with Crippen molar-refractivity contribution >= 4 is 22.8 Å². The van der Waals surface area contributed by atoms with Crippen molar-refractivity contribution < 1.29 is 27.5 Å². The third-order valence-electron chi connectivity index (χ3n) is 7.20. The standard InChI is InChI=1S/C27H30F3N5O3/c1-14-22(26(37)35-19-8-6-18(7-9-19)34-15(2)36)24-25(33-14)23(31-13-32-24)20-11-17(27(28,29)30)5-10-21(20)38-12-16-3-4-16/h5,10-11,13,16,18-19,33H,3-4,6-9,12H2,1-2H3,(H,34,36)(H,35,37)/t18-,19+. The Hall–Kier alpha value is -3.63. The highest BCUT2D eigenvalue weighted by Crippen LogP contribution is 2.40. The number of H-pyrrole nitrogens is 1. The number of alkyl halides is 3. The summed E-state index contributed by atoms with van der Waals surface area (Å²) in [6.07, 6.45) is 1.78. The molecule has 2 heterocycles. The quantitative estimate of drug-likeness (QED) is 0.403. The number of carbonyl (C=O) groups is 2. The summed E-state index contributed by atoms with van der Waals surface area (Å²) in [5, 5.41) is 5.98. The Labute approximate surface area is 217 Å². The van der Waals surface area contributed by atoms with E-state index in [4.69, 9.17) is 4.74 Å². The molecule has 2 saturated carbocycles. The lowest BCUT2D eigenvalue weighted by Crippen LogP contribution is -2.43. The van der Waals surface area contributed by atoms with E-state index in [2.05, 4.69) is 25.6 Å². The number of benzene rings is 1. The van der Waals surface area contributed by atoms with Gasteiger partial charge in [0, 0.05) is 30.3 Å². The van der Waals surface area contributed by atoms with E-state index in [0.717, 1.165) is 50.7 Å². The number of hydrogen-bond acceptors (Lipinski definition) is 5. The highest BCUT2D eigenvalue weighted by molar-refractivity contribution is 6.09. The van der Waals surface area contributed by atoms with Crippen LogP contribution in [0.25, 0.3) is 22.3 Å². The van der Waals surface area contributed by atoms with Crippen molar-refractivity contribution in [3.8, 4) is 17.0 Å². The fourth-order valence-corrected chi connectivity index (χ4v) is 5.04. The van der Waals surface area contributed by atoms with Crippen molar-refractivity contribution in [2.24, 2.45) is 5.92 Å². The molecule has 2 aliphatic rings. The molecular weight excluding hydrogens is 499 g/mol. The van der Waals surface area contributed by atoms with Gasteiger partial charge < -0.3 is 20.4 Å². The van der Waals surface area contributed by atoms with E-state index in [-0.39, 0.29) is 35.2 Å². The molecule has 0 spiro atoms. The molecule has 8 nitrogen and oxygen atoms in total. The Morgan fingerprint density at radius 1 is 1.05 bits per heavy atom. The molecule has 0 bridgehead atoms. The Morgan fingerprint density at radius 3 is 2.37 bits per heavy atom. The zero-order valence-corrected chi connectivity index (χ0v) is 21.2. The number of aryl methyl sites for hydroxylation is 1. The van der Waals surface area contributed by atoms with Gasteiger partial charge in [-0.05, 0) is 69.6 Å². The minimum atomic E-state index is -4.54. The second-order valence-corrected chi connectivity index (χ2v) is 10.3. The van der Waals surface area contributed by atoms with Gasteiger partial charge in [0.05, 0.1) is 23.3 Å². The molecule has 0 aliphatic heterocycles.